The molecule has 0 radical (unpaired) electrons. The third kappa shape index (κ3) is 4.20. The van der Waals surface area contributed by atoms with Gasteiger partial charge in [-0.3, -0.25) is 4.98 Å². The van der Waals surface area contributed by atoms with E-state index in [-0.39, 0.29) is 6.04 Å². The van der Waals surface area contributed by atoms with Crippen molar-refractivity contribution in [2.75, 3.05) is 41.9 Å². The molecule has 2 fully saturated rings. The van der Waals surface area contributed by atoms with Crippen molar-refractivity contribution in [1.29, 1.82) is 0 Å². The second-order valence-electron chi connectivity index (χ2n) is 9.73. The number of ether oxygens (including phenoxy) is 1. The third-order valence-electron chi connectivity index (χ3n) is 7.56. The van der Waals surface area contributed by atoms with E-state index in [1.165, 1.54) is 6.20 Å². The number of anilines is 4. The van der Waals surface area contributed by atoms with E-state index in [0.29, 0.717) is 36.6 Å². The van der Waals surface area contributed by atoms with Crippen LogP contribution in [-0.2, 0) is 12.7 Å². The molecule has 1 aromatic carbocycles. The Hall–Kier alpha value is -3.50. The lowest BCUT2D eigenvalue weighted by molar-refractivity contribution is -0.141. The van der Waals surface area contributed by atoms with Crippen LogP contribution in [0.25, 0.3) is 0 Å². The predicted octanol–water partition coefficient (Wildman–Crippen LogP) is 4.57. The molecule has 36 heavy (non-hydrogen) atoms. The van der Waals surface area contributed by atoms with Gasteiger partial charge in [0.2, 0.25) is 11.9 Å². The normalized spacial score (nSPS) is 23.5. The number of hydrogen-bond acceptors (Lipinski definition) is 7. The molecule has 4 heterocycles. The van der Waals surface area contributed by atoms with Crippen molar-refractivity contribution >= 4 is 23.3 Å². The molecule has 8 nitrogen and oxygen atoms in total. The van der Waals surface area contributed by atoms with Gasteiger partial charge < -0.3 is 19.9 Å². The second-order valence-corrected chi connectivity index (χ2v) is 9.73. The van der Waals surface area contributed by atoms with Crippen molar-refractivity contribution in [2.24, 2.45) is 11.8 Å². The summed E-state index contributed by atoms with van der Waals surface area (Å²) in [7, 11) is 1.65. The van der Waals surface area contributed by atoms with Gasteiger partial charge in [0.1, 0.15) is 11.4 Å². The summed E-state index contributed by atoms with van der Waals surface area (Å²) in [6, 6.07) is 11.0. The molecule has 3 atom stereocenters. The van der Waals surface area contributed by atoms with E-state index >= 15 is 0 Å². The summed E-state index contributed by atoms with van der Waals surface area (Å²) in [5, 5.41) is 8.34. The monoisotopic (exact) mass is 499 g/mol. The van der Waals surface area contributed by atoms with Crippen LogP contribution in [0.4, 0.5) is 36.4 Å². The number of nitrogens with one attached hydrogen (secondary N) is 1. The number of piperidine rings is 1. The fraction of sp³-hybridized carbons (Fsp3) is 0.480. The fourth-order valence-electron chi connectivity index (χ4n) is 5.82. The summed E-state index contributed by atoms with van der Waals surface area (Å²) in [5.41, 5.74) is 0.778. The highest BCUT2D eigenvalue weighted by molar-refractivity contribution is 5.60. The maximum Gasteiger partial charge on any atom is 0.433 e. The highest BCUT2D eigenvalue weighted by Crippen LogP contribution is 2.41. The van der Waals surface area contributed by atoms with E-state index in [1.807, 2.05) is 28.9 Å². The first kappa shape index (κ1) is 22.9. The van der Waals surface area contributed by atoms with Gasteiger partial charge in [0.15, 0.2) is 0 Å². The molecule has 2 aliphatic heterocycles. The molecule has 0 spiro atoms. The van der Waals surface area contributed by atoms with Crippen LogP contribution < -0.4 is 19.9 Å². The van der Waals surface area contributed by atoms with Crippen LogP contribution in [0.1, 0.15) is 25.0 Å². The number of pyridine rings is 1. The molecule has 11 heteroatoms. The molecule has 1 aliphatic carbocycles. The van der Waals surface area contributed by atoms with E-state index in [4.69, 9.17) is 14.8 Å². The van der Waals surface area contributed by atoms with E-state index in [2.05, 4.69) is 20.1 Å². The maximum atomic E-state index is 13.2. The molecule has 1 saturated carbocycles. The molecule has 3 aliphatic rings. The number of benzene rings is 1. The van der Waals surface area contributed by atoms with Crippen molar-refractivity contribution in [3.63, 3.8) is 0 Å². The molecule has 3 aromatic rings. The molecule has 2 bridgehead atoms. The average Bonchev–Trinajstić information content (AvgIpc) is 3.39. The Labute approximate surface area is 207 Å². The number of nitrogens with zero attached hydrogens (tertiary/aromatic N) is 6. The molecular formula is C25H28F3N7O. The van der Waals surface area contributed by atoms with Gasteiger partial charge in [-0.05, 0) is 67.5 Å². The Morgan fingerprint density at radius 3 is 2.44 bits per heavy atom. The van der Waals surface area contributed by atoms with E-state index < -0.39 is 11.9 Å². The minimum atomic E-state index is -4.44. The topological polar surface area (TPSA) is 71.3 Å². The number of hydrogen-bond donors (Lipinski definition) is 1. The number of methoxy groups -OCH3 is 1. The van der Waals surface area contributed by atoms with Crippen molar-refractivity contribution in [3.8, 4) is 5.75 Å². The number of rotatable bonds is 5. The number of alkyl halides is 3. The highest BCUT2D eigenvalue weighted by atomic mass is 19.4. The van der Waals surface area contributed by atoms with Gasteiger partial charge in [0, 0.05) is 49.8 Å². The summed E-state index contributed by atoms with van der Waals surface area (Å²) in [6.45, 7) is 3.06. The zero-order valence-corrected chi connectivity index (χ0v) is 19.9. The minimum Gasteiger partial charge on any atom is -0.497 e. The Bertz CT molecular complexity index is 1220. The quantitative estimate of drug-likeness (QED) is 0.552. The van der Waals surface area contributed by atoms with Gasteiger partial charge in [0.05, 0.1) is 7.11 Å². The number of aryl methyl sites for hydroxylation is 1. The lowest BCUT2D eigenvalue weighted by atomic mass is 9.92. The lowest BCUT2D eigenvalue weighted by Gasteiger charge is -2.39. The van der Waals surface area contributed by atoms with Gasteiger partial charge in [-0.1, -0.05) is 0 Å². The van der Waals surface area contributed by atoms with Crippen LogP contribution >= 0.6 is 0 Å². The average molecular weight is 500 g/mol. The molecule has 6 rings (SSSR count). The number of aromatic nitrogens is 4. The van der Waals surface area contributed by atoms with Gasteiger partial charge in [-0.2, -0.15) is 18.2 Å². The van der Waals surface area contributed by atoms with Gasteiger partial charge in [0.25, 0.3) is 0 Å². The molecule has 190 valence electrons. The SMILES string of the molecule is COc1ccc(N2CCCn3nc(NC4C5CC[C@H]4CN(c4ccnc(C(F)(F)F)c4)C5)nc32)cc1. The molecular weight excluding hydrogens is 471 g/mol. The van der Waals surface area contributed by atoms with Crippen LogP contribution in [0, 0.1) is 11.8 Å². The van der Waals surface area contributed by atoms with Crippen molar-refractivity contribution < 1.29 is 17.9 Å². The molecule has 1 N–H and O–H groups in total. The molecule has 1 saturated heterocycles. The van der Waals surface area contributed by atoms with Gasteiger partial charge in [-0.25, -0.2) is 4.68 Å². The third-order valence-corrected chi connectivity index (χ3v) is 7.56. The highest BCUT2D eigenvalue weighted by Gasteiger charge is 2.43. The van der Waals surface area contributed by atoms with Crippen LogP contribution in [-0.4, -0.2) is 52.5 Å². The molecule has 2 aromatic heterocycles. The van der Waals surface area contributed by atoms with E-state index in [0.717, 1.165) is 55.8 Å². The van der Waals surface area contributed by atoms with Crippen molar-refractivity contribution in [3.05, 3.63) is 48.3 Å². The van der Waals surface area contributed by atoms with Crippen LogP contribution in [0.15, 0.2) is 42.6 Å². The Kier molecular flexibility index (Phi) is 5.65. The number of fused-ring (bicyclic) bond motifs is 3. The number of halogens is 3. The summed E-state index contributed by atoms with van der Waals surface area (Å²) in [4.78, 5) is 12.6. The summed E-state index contributed by atoms with van der Waals surface area (Å²) in [5.74, 6) is 2.86. The van der Waals surface area contributed by atoms with E-state index in [1.54, 1.807) is 13.2 Å². The standard InChI is InChI=1S/C25H28F3N7O/c1-36-20-7-5-18(6-8-20)34-11-2-12-35-24(34)31-23(32-35)30-22-16-3-4-17(22)15-33(14-16)19-9-10-29-21(13-19)25(26,27)28/h5-10,13,16-17,22H,2-4,11-12,14-15H2,1H3,(H,30,32)/t16-,17?,22?/m0/s1. The van der Waals surface area contributed by atoms with Gasteiger partial charge in [-0.15, -0.1) is 5.10 Å². The minimum absolute atomic E-state index is 0.198. The molecule has 2 unspecified atom stereocenters. The molecule has 0 amide bonds. The fourth-order valence-corrected chi connectivity index (χ4v) is 5.82. The largest absolute Gasteiger partial charge is 0.497 e. The first-order chi connectivity index (χ1) is 17.4. The first-order valence-electron chi connectivity index (χ1n) is 12.3. The summed E-state index contributed by atoms with van der Waals surface area (Å²) in [6.07, 6.45) is -0.167. The van der Waals surface area contributed by atoms with Gasteiger partial charge >= 0.3 is 6.18 Å². The summed E-state index contributed by atoms with van der Waals surface area (Å²) < 4.78 is 46.7. The Morgan fingerprint density at radius 2 is 1.75 bits per heavy atom. The van der Waals surface area contributed by atoms with Crippen LogP contribution in [0.3, 0.4) is 0 Å². The van der Waals surface area contributed by atoms with Crippen LogP contribution in [0.5, 0.6) is 5.75 Å². The van der Waals surface area contributed by atoms with E-state index in [9.17, 15) is 13.2 Å². The van der Waals surface area contributed by atoms with Crippen molar-refractivity contribution in [2.45, 2.75) is 38.0 Å². The summed E-state index contributed by atoms with van der Waals surface area (Å²) >= 11 is 0. The Balaban J connectivity index is 1.18. The first-order valence-corrected chi connectivity index (χ1v) is 12.3. The Morgan fingerprint density at radius 1 is 1.00 bits per heavy atom. The predicted molar refractivity (Wildman–Crippen MR) is 130 cm³/mol. The lowest BCUT2D eigenvalue weighted by Crippen LogP contribution is -2.48. The second kappa shape index (κ2) is 8.86. The van der Waals surface area contributed by atoms with Crippen molar-refractivity contribution in [1.82, 2.24) is 19.7 Å². The zero-order valence-electron chi connectivity index (χ0n) is 19.9. The smallest absolute Gasteiger partial charge is 0.433 e. The van der Waals surface area contributed by atoms with Crippen LogP contribution in [0.2, 0.25) is 0 Å². The zero-order chi connectivity index (χ0) is 24.9. The maximum absolute atomic E-state index is 13.2.